The van der Waals surface area contributed by atoms with Gasteiger partial charge in [-0.3, -0.25) is 9.89 Å². The zero-order valence-electron chi connectivity index (χ0n) is 11.7. The summed E-state index contributed by atoms with van der Waals surface area (Å²) in [6.07, 6.45) is 1.55. The molecule has 1 heterocycles. The molecule has 0 saturated carbocycles. The minimum atomic E-state index is -0.477. The van der Waals surface area contributed by atoms with Crippen LogP contribution in [0.3, 0.4) is 0 Å². The second-order valence-corrected chi connectivity index (χ2v) is 4.71. The lowest BCUT2D eigenvalue weighted by atomic mass is 10.1. The molecule has 1 atom stereocenters. The molecule has 20 heavy (non-hydrogen) atoms. The smallest absolute Gasteiger partial charge is 0.241 e. The van der Waals surface area contributed by atoms with Crippen LogP contribution in [0.25, 0.3) is 11.4 Å². The third kappa shape index (κ3) is 3.42. The van der Waals surface area contributed by atoms with Crippen molar-refractivity contribution in [3.63, 3.8) is 0 Å². The van der Waals surface area contributed by atoms with Gasteiger partial charge in [-0.15, -0.1) is 0 Å². The van der Waals surface area contributed by atoms with E-state index in [-0.39, 0.29) is 5.91 Å². The molecule has 0 aliphatic heterocycles. The molecule has 1 aromatic carbocycles. The molecule has 0 aliphatic rings. The van der Waals surface area contributed by atoms with Gasteiger partial charge in [0.05, 0.1) is 6.04 Å². The second kappa shape index (κ2) is 6.29. The molecule has 0 radical (unpaired) electrons. The van der Waals surface area contributed by atoms with Crippen LogP contribution in [0.1, 0.15) is 25.6 Å². The summed E-state index contributed by atoms with van der Waals surface area (Å²) in [7, 11) is 0. The molecule has 2 aromatic rings. The van der Waals surface area contributed by atoms with Crippen molar-refractivity contribution in [2.45, 2.75) is 32.7 Å². The minimum Gasteiger partial charge on any atom is -0.325 e. The number of carbonyl (C=O) groups is 1. The van der Waals surface area contributed by atoms with Gasteiger partial charge in [0, 0.05) is 11.3 Å². The maximum atomic E-state index is 11.9. The van der Waals surface area contributed by atoms with Crippen LogP contribution in [0.5, 0.6) is 0 Å². The lowest BCUT2D eigenvalue weighted by molar-refractivity contribution is -0.117. The highest BCUT2D eigenvalue weighted by Crippen LogP contribution is 2.19. The number of nitrogens with one attached hydrogen (secondary N) is 2. The number of rotatable bonds is 5. The van der Waals surface area contributed by atoms with Gasteiger partial charge in [-0.05, 0) is 25.5 Å². The van der Waals surface area contributed by atoms with Gasteiger partial charge in [0.25, 0.3) is 0 Å². The molecule has 106 valence electrons. The highest BCUT2D eigenvalue weighted by molar-refractivity contribution is 5.95. The van der Waals surface area contributed by atoms with Crippen molar-refractivity contribution >= 4 is 11.6 Å². The molecule has 0 unspecified atom stereocenters. The summed E-state index contributed by atoms with van der Waals surface area (Å²) in [5, 5.41) is 9.70. The van der Waals surface area contributed by atoms with Crippen LogP contribution >= 0.6 is 0 Å². The highest BCUT2D eigenvalue weighted by atomic mass is 16.2. The summed E-state index contributed by atoms with van der Waals surface area (Å²) in [5.41, 5.74) is 7.33. The Morgan fingerprint density at radius 3 is 2.95 bits per heavy atom. The molecule has 0 saturated heterocycles. The summed E-state index contributed by atoms with van der Waals surface area (Å²) < 4.78 is 0. The number of H-pyrrole nitrogens is 1. The molecule has 1 aromatic heterocycles. The van der Waals surface area contributed by atoms with Crippen LogP contribution in [0, 0.1) is 6.92 Å². The first-order chi connectivity index (χ1) is 9.60. The van der Waals surface area contributed by atoms with E-state index in [9.17, 15) is 4.79 Å². The largest absolute Gasteiger partial charge is 0.325 e. The van der Waals surface area contributed by atoms with Crippen LogP contribution in [0.4, 0.5) is 5.69 Å². The SMILES string of the molecule is CCC[C@H](N)C(=O)Nc1cccc(-c2n[nH]c(C)n2)c1. The quantitative estimate of drug-likeness (QED) is 0.774. The van der Waals surface area contributed by atoms with Crippen molar-refractivity contribution in [3.05, 3.63) is 30.1 Å². The normalized spacial score (nSPS) is 12.2. The van der Waals surface area contributed by atoms with Crippen LogP contribution < -0.4 is 11.1 Å². The number of aromatic amines is 1. The lowest BCUT2D eigenvalue weighted by Crippen LogP contribution is -2.35. The molecule has 2 rings (SSSR count). The molecular weight excluding hydrogens is 254 g/mol. The van der Waals surface area contributed by atoms with Crippen LogP contribution in [0.15, 0.2) is 24.3 Å². The van der Waals surface area contributed by atoms with E-state index in [0.717, 1.165) is 17.8 Å². The van der Waals surface area contributed by atoms with Gasteiger partial charge in [0.2, 0.25) is 5.91 Å². The van der Waals surface area contributed by atoms with Crippen LogP contribution in [-0.2, 0) is 4.79 Å². The molecule has 0 aliphatic carbocycles. The van der Waals surface area contributed by atoms with E-state index in [0.29, 0.717) is 17.9 Å². The average Bonchev–Trinajstić information content (AvgIpc) is 2.86. The van der Waals surface area contributed by atoms with E-state index < -0.39 is 6.04 Å². The monoisotopic (exact) mass is 273 g/mol. The minimum absolute atomic E-state index is 0.171. The average molecular weight is 273 g/mol. The Labute approximate surface area is 117 Å². The first kappa shape index (κ1) is 14.2. The van der Waals surface area contributed by atoms with Crippen molar-refractivity contribution < 1.29 is 4.79 Å². The predicted octanol–water partition coefficient (Wildman–Crippen LogP) is 1.85. The summed E-state index contributed by atoms with van der Waals surface area (Å²) in [6, 6.07) is 6.92. The summed E-state index contributed by atoms with van der Waals surface area (Å²) in [5.74, 6) is 1.19. The van der Waals surface area contributed by atoms with Crippen molar-refractivity contribution in [2.24, 2.45) is 5.73 Å². The number of hydrogen-bond donors (Lipinski definition) is 3. The van der Waals surface area contributed by atoms with E-state index in [1.807, 2.05) is 38.1 Å². The first-order valence-corrected chi connectivity index (χ1v) is 6.66. The number of aromatic nitrogens is 3. The lowest BCUT2D eigenvalue weighted by Gasteiger charge is -2.11. The van der Waals surface area contributed by atoms with E-state index in [4.69, 9.17) is 5.73 Å². The van der Waals surface area contributed by atoms with Crippen molar-refractivity contribution in [3.8, 4) is 11.4 Å². The number of benzene rings is 1. The van der Waals surface area contributed by atoms with E-state index in [1.54, 1.807) is 0 Å². The Hall–Kier alpha value is -2.21. The third-order valence-corrected chi connectivity index (χ3v) is 2.92. The van der Waals surface area contributed by atoms with Crippen molar-refractivity contribution in [1.82, 2.24) is 15.2 Å². The Morgan fingerprint density at radius 1 is 1.50 bits per heavy atom. The molecule has 0 spiro atoms. The molecule has 6 heteroatoms. The van der Waals surface area contributed by atoms with Gasteiger partial charge in [0.1, 0.15) is 5.82 Å². The molecule has 0 bridgehead atoms. The van der Waals surface area contributed by atoms with E-state index in [1.165, 1.54) is 0 Å². The number of anilines is 1. The number of hydrogen-bond acceptors (Lipinski definition) is 4. The summed E-state index contributed by atoms with van der Waals surface area (Å²) in [6.45, 7) is 3.84. The van der Waals surface area contributed by atoms with E-state index in [2.05, 4.69) is 20.5 Å². The predicted molar refractivity (Wildman–Crippen MR) is 78.1 cm³/mol. The van der Waals surface area contributed by atoms with Crippen LogP contribution in [0.2, 0.25) is 0 Å². The molecular formula is C14H19N5O. The topological polar surface area (TPSA) is 96.7 Å². The first-order valence-electron chi connectivity index (χ1n) is 6.66. The molecule has 6 nitrogen and oxygen atoms in total. The molecule has 4 N–H and O–H groups in total. The maximum absolute atomic E-state index is 11.9. The Balaban J connectivity index is 2.12. The van der Waals surface area contributed by atoms with Gasteiger partial charge >= 0.3 is 0 Å². The molecule has 1 amide bonds. The fourth-order valence-corrected chi connectivity index (χ4v) is 1.88. The Kier molecular flexibility index (Phi) is 4.47. The number of carbonyl (C=O) groups excluding carboxylic acids is 1. The van der Waals surface area contributed by atoms with Gasteiger partial charge in [0.15, 0.2) is 5.82 Å². The van der Waals surface area contributed by atoms with Gasteiger partial charge in [-0.25, -0.2) is 4.98 Å². The number of aryl methyl sites for hydroxylation is 1. The Bertz CT molecular complexity index is 593. The standard InChI is InChI=1S/C14H19N5O/c1-3-5-12(15)14(20)17-11-7-4-6-10(8-11)13-16-9(2)18-19-13/h4,6-8,12H,3,5,15H2,1-2H3,(H,17,20)(H,16,18,19)/t12-/m0/s1. The zero-order valence-corrected chi connectivity index (χ0v) is 11.7. The second-order valence-electron chi connectivity index (χ2n) is 4.71. The number of nitrogens with zero attached hydrogens (tertiary/aromatic N) is 2. The van der Waals surface area contributed by atoms with Crippen LogP contribution in [-0.4, -0.2) is 27.1 Å². The number of nitrogens with two attached hydrogens (primary N) is 1. The highest BCUT2D eigenvalue weighted by Gasteiger charge is 2.13. The maximum Gasteiger partial charge on any atom is 0.241 e. The Morgan fingerprint density at radius 2 is 2.30 bits per heavy atom. The fourth-order valence-electron chi connectivity index (χ4n) is 1.88. The summed E-state index contributed by atoms with van der Waals surface area (Å²) in [4.78, 5) is 16.1. The van der Waals surface area contributed by atoms with Crippen molar-refractivity contribution in [1.29, 1.82) is 0 Å². The van der Waals surface area contributed by atoms with Gasteiger partial charge < -0.3 is 11.1 Å². The third-order valence-electron chi connectivity index (χ3n) is 2.92. The van der Waals surface area contributed by atoms with Gasteiger partial charge in [-0.2, -0.15) is 5.10 Å². The zero-order chi connectivity index (χ0) is 14.5. The van der Waals surface area contributed by atoms with Crippen molar-refractivity contribution in [2.75, 3.05) is 5.32 Å². The molecule has 0 fully saturated rings. The fraction of sp³-hybridized carbons (Fsp3) is 0.357. The number of amides is 1. The summed E-state index contributed by atoms with van der Waals surface area (Å²) >= 11 is 0. The van der Waals surface area contributed by atoms with E-state index >= 15 is 0 Å². The van der Waals surface area contributed by atoms with Gasteiger partial charge in [-0.1, -0.05) is 25.5 Å².